The van der Waals surface area contributed by atoms with E-state index in [1.54, 1.807) is 26.4 Å². The van der Waals surface area contributed by atoms with Crippen LogP contribution in [0.5, 0.6) is 5.88 Å². The molecule has 25 heavy (non-hydrogen) atoms. The molecule has 2 aromatic heterocycles. The highest BCUT2D eigenvalue weighted by molar-refractivity contribution is 7.85. The third kappa shape index (κ3) is 4.17. The van der Waals surface area contributed by atoms with E-state index in [2.05, 4.69) is 21.5 Å². The Bertz CT molecular complexity index is 881. The first-order valence-electron chi connectivity index (χ1n) is 7.76. The number of hydrogen-bond donors (Lipinski definition) is 1. The third-order valence-electron chi connectivity index (χ3n) is 3.89. The average Bonchev–Trinajstić information content (AvgIpc) is 3.04. The van der Waals surface area contributed by atoms with Crippen molar-refractivity contribution in [3.05, 3.63) is 47.3 Å². The highest BCUT2D eigenvalue weighted by atomic mass is 32.2. The molecule has 6 nitrogen and oxygen atoms in total. The first-order valence-corrected chi connectivity index (χ1v) is 9.08. The van der Waals surface area contributed by atoms with Gasteiger partial charge in [-0.3, -0.25) is 4.21 Å². The molecule has 0 saturated carbocycles. The van der Waals surface area contributed by atoms with Crippen molar-refractivity contribution in [3.8, 4) is 5.88 Å². The van der Waals surface area contributed by atoms with Crippen molar-refractivity contribution >= 4 is 22.0 Å². The quantitative estimate of drug-likeness (QED) is 0.603. The van der Waals surface area contributed by atoms with Crippen molar-refractivity contribution < 1.29 is 13.7 Å². The van der Waals surface area contributed by atoms with E-state index in [9.17, 15) is 4.21 Å². The van der Waals surface area contributed by atoms with E-state index < -0.39 is 10.8 Å². The van der Waals surface area contributed by atoms with Crippen molar-refractivity contribution in [2.24, 2.45) is 0 Å². The molecule has 1 atom stereocenters. The lowest BCUT2D eigenvalue weighted by molar-refractivity contribution is 0.297. The van der Waals surface area contributed by atoms with Crippen LogP contribution in [0.3, 0.4) is 0 Å². The molecule has 0 aliphatic heterocycles. The second kappa shape index (κ2) is 8.11. The van der Waals surface area contributed by atoms with Gasteiger partial charge in [-0.2, -0.15) is 4.98 Å². The first-order chi connectivity index (χ1) is 11.9. The summed E-state index contributed by atoms with van der Waals surface area (Å²) in [6.07, 6.45) is 1.96. The number of fused-ring (bicyclic) bond motifs is 1. The van der Waals surface area contributed by atoms with Gasteiger partial charge in [-0.25, -0.2) is 4.98 Å². The van der Waals surface area contributed by atoms with Crippen LogP contribution in [-0.4, -0.2) is 39.1 Å². The van der Waals surface area contributed by atoms with Crippen molar-refractivity contribution in [3.63, 3.8) is 0 Å². The molecule has 0 aliphatic rings. The van der Waals surface area contributed by atoms with Crippen molar-refractivity contribution in [1.82, 2.24) is 15.0 Å². The molecule has 134 valence electrons. The zero-order valence-electron chi connectivity index (χ0n) is 15.2. The molecule has 2 aromatic rings. The van der Waals surface area contributed by atoms with Crippen molar-refractivity contribution in [1.29, 1.82) is 0 Å². The summed E-state index contributed by atoms with van der Waals surface area (Å²) < 4.78 is 23.2. The van der Waals surface area contributed by atoms with Crippen LogP contribution < -0.4 is 4.74 Å². The maximum atomic E-state index is 12.7. The lowest BCUT2D eigenvalue weighted by atomic mass is 10.1. The Morgan fingerprint density at radius 2 is 2.04 bits per heavy atom. The van der Waals surface area contributed by atoms with Gasteiger partial charge in [-0.1, -0.05) is 12.7 Å². The molecule has 2 heterocycles. The summed E-state index contributed by atoms with van der Waals surface area (Å²) in [4.78, 5) is 11.6. The van der Waals surface area contributed by atoms with Gasteiger partial charge in [0.25, 0.3) is 0 Å². The Kier molecular flexibility index (Phi) is 6.14. The number of rotatable bonds is 7. The molecule has 0 fully saturated rings. The second-order valence-electron chi connectivity index (χ2n) is 5.49. The minimum atomic E-state index is -1.37. The molecule has 2 rings (SSSR count). The fourth-order valence-electron chi connectivity index (χ4n) is 2.31. The molecule has 0 amide bonds. The number of nitrogens with zero attached hydrogens (tertiary/aromatic N) is 2. The highest BCUT2D eigenvalue weighted by Crippen LogP contribution is 2.22. The van der Waals surface area contributed by atoms with E-state index in [0.29, 0.717) is 22.2 Å². The number of ether oxygens (including phenoxy) is 2. The van der Waals surface area contributed by atoms with Gasteiger partial charge >= 0.3 is 0 Å². The normalized spacial score (nSPS) is 14.2. The van der Waals surface area contributed by atoms with Crippen molar-refractivity contribution in [2.75, 3.05) is 20.0 Å². The van der Waals surface area contributed by atoms with E-state index >= 15 is 0 Å². The minimum Gasteiger partial charge on any atom is -0.496 e. The number of imidazole rings is 1. The zero-order chi connectivity index (χ0) is 18.6. The number of H-pyrrole nitrogens is 1. The second-order valence-corrected chi connectivity index (χ2v) is 6.86. The van der Waals surface area contributed by atoms with Crippen LogP contribution in [0.4, 0.5) is 0 Å². The lowest BCUT2D eigenvalue weighted by Gasteiger charge is -2.13. The van der Waals surface area contributed by atoms with Gasteiger partial charge in [0.15, 0.2) is 10.8 Å². The zero-order valence-corrected chi connectivity index (χ0v) is 16.0. The molecule has 0 bridgehead atoms. The van der Waals surface area contributed by atoms with Crippen LogP contribution in [0.25, 0.3) is 11.2 Å². The largest absolute Gasteiger partial charge is 0.496 e. The highest BCUT2D eigenvalue weighted by Gasteiger charge is 2.15. The lowest BCUT2D eigenvalue weighted by Crippen LogP contribution is -2.06. The molecule has 1 N–H and O–H groups in total. The molecule has 1 unspecified atom stereocenters. The predicted molar refractivity (Wildman–Crippen MR) is 100.0 cm³/mol. The molecular formula is C18H23N3O3S. The van der Waals surface area contributed by atoms with E-state index in [-0.39, 0.29) is 5.75 Å². The molecule has 0 aliphatic carbocycles. The molecule has 0 saturated heterocycles. The summed E-state index contributed by atoms with van der Waals surface area (Å²) in [5.74, 6) is 1.47. The SMILES string of the molecule is C=C(CS(=O)c1nc2nc(OC)ccc2[nH]1)/C(C)=C(OC)\C(C)=C/C. The van der Waals surface area contributed by atoms with Gasteiger partial charge in [0.2, 0.25) is 5.88 Å². The van der Waals surface area contributed by atoms with Crippen molar-refractivity contribution in [2.45, 2.75) is 25.9 Å². The van der Waals surface area contributed by atoms with Crippen LogP contribution in [0.1, 0.15) is 20.8 Å². The van der Waals surface area contributed by atoms with Crippen LogP contribution >= 0.6 is 0 Å². The average molecular weight is 361 g/mol. The number of nitrogens with one attached hydrogen (secondary N) is 1. The minimum absolute atomic E-state index is 0.257. The fraction of sp³-hybridized carbons (Fsp3) is 0.333. The molecule has 0 radical (unpaired) electrons. The van der Waals surface area contributed by atoms with Gasteiger partial charge in [-0.05, 0) is 43.6 Å². The van der Waals surface area contributed by atoms with Gasteiger partial charge in [-0.15, -0.1) is 0 Å². The molecule has 7 heteroatoms. The predicted octanol–water partition coefficient (Wildman–Crippen LogP) is 3.52. The Morgan fingerprint density at radius 3 is 2.64 bits per heavy atom. The van der Waals surface area contributed by atoms with E-state index in [4.69, 9.17) is 9.47 Å². The Hall–Kier alpha value is -2.41. The van der Waals surface area contributed by atoms with Gasteiger partial charge in [0.05, 0.1) is 36.3 Å². The number of methoxy groups -OCH3 is 2. The molecule has 0 aromatic carbocycles. The Morgan fingerprint density at radius 1 is 1.32 bits per heavy atom. The third-order valence-corrected chi connectivity index (χ3v) is 5.13. The maximum absolute atomic E-state index is 12.7. The fourth-order valence-corrected chi connectivity index (χ4v) is 3.39. The number of aromatic amines is 1. The monoisotopic (exact) mass is 361 g/mol. The summed E-state index contributed by atoms with van der Waals surface area (Å²) in [6.45, 7) is 9.87. The molecular weight excluding hydrogens is 338 g/mol. The summed E-state index contributed by atoms with van der Waals surface area (Å²) in [6, 6.07) is 3.52. The number of allylic oxidation sites excluding steroid dienone is 3. The summed E-state index contributed by atoms with van der Waals surface area (Å²) >= 11 is 0. The number of pyridine rings is 1. The maximum Gasteiger partial charge on any atom is 0.215 e. The van der Waals surface area contributed by atoms with E-state index in [1.165, 1.54) is 0 Å². The van der Waals surface area contributed by atoms with E-state index in [1.807, 2.05) is 26.8 Å². The van der Waals surface area contributed by atoms with Crippen LogP contribution in [0, 0.1) is 0 Å². The Labute approximate surface area is 150 Å². The van der Waals surface area contributed by atoms with Gasteiger partial charge in [0, 0.05) is 6.07 Å². The topological polar surface area (TPSA) is 77.1 Å². The Balaban J connectivity index is 2.24. The molecule has 0 spiro atoms. The van der Waals surface area contributed by atoms with Crippen LogP contribution in [-0.2, 0) is 15.5 Å². The summed E-state index contributed by atoms with van der Waals surface area (Å²) in [5, 5.41) is 0.367. The summed E-state index contributed by atoms with van der Waals surface area (Å²) in [7, 11) is 1.80. The standard InChI is InChI=1S/C18H23N3O3S/c1-7-11(2)16(24-6)13(4)12(3)10-25(22)18-19-14-8-9-15(23-5)20-17(14)21-18/h7-9H,3,10H2,1-2,4-6H3,(H,19,20,21)/b11-7-,16-13+. The van der Waals surface area contributed by atoms with Crippen LogP contribution in [0.15, 0.2) is 52.4 Å². The first kappa shape index (κ1) is 18.9. The van der Waals surface area contributed by atoms with Gasteiger partial charge in [0.1, 0.15) is 5.76 Å². The van der Waals surface area contributed by atoms with Crippen LogP contribution in [0.2, 0.25) is 0 Å². The van der Waals surface area contributed by atoms with E-state index in [0.717, 1.165) is 22.5 Å². The smallest absolute Gasteiger partial charge is 0.215 e. The number of aromatic nitrogens is 3. The summed E-state index contributed by atoms with van der Waals surface area (Å²) in [5.41, 5.74) is 3.81. The number of hydrogen-bond acceptors (Lipinski definition) is 5. The van der Waals surface area contributed by atoms with Gasteiger partial charge < -0.3 is 14.5 Å².